The molecule has 0 saturated carbocycles. The summed E-state index contributed by atoms with van der Waals surface area (Å²) in [5, 5.41) is 11.0. The number of rotatable bonds is 3. The van der Waals surface area contributed by atoms with Gasteiger partial charge >= 0.3 is 0 Å². The second-order valence-corrected chi connectivity index (χ2v) is 6.36. The molecule has 5 nitrogen and oxygen atoms in total. The quantitative estimate of drug-likeness (QED) is 0.626. The monoisotopic (exact) mass is 341 g/mol. The van der Waals surface area contributed by atoms with Gasteiger partial charge in [0.2, 0.25) is 0 Å². The molecule has 0 aliphatic carbocycles. The number of benzene rings is 1. The zero-order chi connectivity index (χ0) is 14.9. The van der Waals surface area contributed by atoms with Crippen molar-refractivity contribution < 1.29 is 4.92 Å². The van der Waals surface area contributed by atoms with Crippen molar-refractivity contribution >= 4 is 21.6 Å². The maximum absolute atomic E-state index is 11.0. The Balaban J connectivity index is 2.15. The van der Waals surface area contributed by atoms with Crippen LogP contribution in [0.1, 0.15) is 19.4 Å². The molecule has 1 aliphatic rings. The highest BCUT2D eigenvalue weighted by Crippen LogP contribution is 2.29. The lowest BCUT2D eigenvalue weighted by atomic mass is 10.1. The first-order chi connectivity index (χ1) is 9.40. The van der Waals surface area contributed by atoms with Crippen LogP contribution in [-0.2, 0) is 6.54 Å². The molecular formula is C14H20BrN3O2. The van der Waals surface area contributed by atoms with Gasteiger partial charge in [-0.1, -0.05) is 12.1 Å². The Morgan fingerprint density at radius 1 is 1.35 bits per heavy atom. The minimum Gasteiger partial charge on any atom is -0.298 e. The van der Waals surface area contributed by atoms with Crippen LogP contribution in [0, 0.1) is 10.1 Å². The highest BCUT2D eigenvalue weighted by atomic mass is 79.9. The van der Waals surface area contributed by atoms with Gasteiger partial charge in [0, 0.05) is 37.8 Å². The zero-order valence-corrected chi connectivity index (χ0v) is 13.6. The fourth-order valence-corrected chi connectivity index (χ4v) is 3.25. The second kappa shape index (κ2) is 6.20. The molecule has 1 heterocycles. The van der Waals surface area contributed by atoms with Crippen molar-refractivity contribution in [3.63, 3.8) is 0 Å². The van der Waals surface area contributed by atoms with Gasteiger partial charge in [0.1, 0.15) is 0 Å². The topological polar surface area (TPSA) is 49.6 Å². The summed E-state index contributed by atoms with van der Waals surface area (Å²) >= 11 is 3.37. The summed E-state index contributed by atoms with van der Waals surface area (Å²) in [4.78, 5) is 15.4. The van der Waals surface area contributed by atoms with Gasteiger partial charge < -0.3 is 0 Å². The van der Waals surface area contributed by atoms with E-state index < -0.39 is 0 Å². The Labute approximate surface area is 127 Å². The fourth-order valence-electron chi connectivity index (χ4n) is 2.71. The van der Waals surface area contributed by atoms with Crippen LogP contribution in [0.15, 0.2) is 22.7 Å². The lowest BCUT2D eigenvalue weighted by molar-refractivity contribution is -0.385. The number of nitro benzene ring substituents is 1. The molecule has 0 spiro atoms. The average Bonchev–Trinajstić information content (AvgIpc) is 2.38. The van der Waals surface area contributed by atoms with Gasteiger partial charge in [0.05, 0.1) is 9.40 Å². The Hall–Kier alpha value is -0.980. The molecule has 20 heavy (non-hydrogen) atoms. The third-order valence-corrected chi connectivity index (χ3v) is 5.00. The smallest absolute Gasteiger partial charge is 0.283 e. The van der Waals surface area contributed by atoms with Gasteiger partial charge in [0.25, 0.3) is 5.69 Å². The van der Waals surface area contributed by atoms with Crippen LogP contribution in [0.2, 0.25) is 0 Å². The first-order valence-electron chi connectivity index (χ1n) is 6.76. The predicted octanol–water partition coefficient (Wildman–Crippen LogP) is 2.88. The summed E-state index contributed by atoms with van der Waals surface area (Å²) < 4.78 is 0.601. The van der Waals surface area contributed by atoms with E-state index in [1.54, 1.807) is 6.07 Å². The predicted molar refractivity (Wildman–Crippen MR) is 82.8 cm³/mol. The molecule has 1 aromatic rings. The molecule has 2 unspecified atom stereocenters. The summed E-state index contributed by atoms with van der Waals surface area (Å²) in [6, 6.07) is 6.22. The molecule has 0 N–H and O–H groups in total. The van der Waals surface area contributed by atoms with Crippen LogP contribution in [0.3, 0.4) is 0 Å². The number of hydrogen-bond acceptors (Lipinski definition) is 4. The van der Waals surface area contributed by atoms with Gasteiger partial charge in [-0.2, -0.15) is 0 Å². The average molecular weight is 342 g/mol. The lowest BCUT2D eigenvalue weighted by Crippen LogP contribution is -2.54. The van der Waals surface area contributed by atoms with Crippen LogP contribution < -0.4 is 0 Å². The summed E-state index contributed by atoms with van der Waals surface area (Å²) in [5.41, 5.74) is 1.11. The third kappa shape index (κ3) is 3.19. The van der Waals surface area contributed by atoms with Crippen LogP contribution in [0.4, 0.5) is 5.69 Å². The molecule has 1 fully saturated rings. The van der Waals surface area contributed by atoms with E-state index in [0.29, 0.717) is 16.6 Å². The summed E-state index contributed by atoms with van der Waals surface area (Å²) in [5.74, 6) is 0. The van der Waals surface area contributed by atoms with Gasteiger partial charge in [-0.05, 0) is 42.4 Å². The molecular weight excluding hydrogens is 322 g/mol. The van der Waals surface area contributed by atoms with E-state index >= 15 is 0 Å². The highest BCUT2D eigenvalue weighted by Gasteiger charge is 2.27. The molecule has 0 radical (unpaired) electrons. The van der Waals surface area contributed by atoms with E-state index in [4.69, 9.17) is 0 Å². The maximum atomic E-state index is 11.0. The fraction of sp³-hybridized carbons (Fsp3) is 0.571. The van der Waals surface area contributed by atoms with Crippen molar-refractivity contribution in [1.82, 2.24) is 9.80 Å². The second-order valence-electron chi connectivity index (χ2n) is 5.56. The van der Waals surface area contributed by atoms with Crippen molar-refractivity contribution in [2.75, 3.05) is 20.1 Å². The van der Waals surface area contributed by atoms with Crippen molar-refractivity contribution in [3.05, 3.63) is 38.3 Å². The van der Waals surface area contributed by atoms with Crippen LogP contribution in [0.25, 0.3) is 0 Å². The molecule has 110 valence electrons. The zero-order valence-electron chi connectivity index (χ0n) is 12.0. The molecule has 6 heteroatoms. The van der Waals surface area contributed by atoms with E-state index in [0.717, 1.165) is 25.2 Å². The van der Waals surface area contributed by atoms with Gasteiger partial charge in [0.15, 0.2) is 0 Å². The van der Waals surface area contributed by atoms with Gasteiger partial charge in [-0.25, -0.2) is 0 Å². The first-order valence-corrected chi connectivity index (χ1v) is 7.55. The number of likely N-dealkylation sites (N-methyl/N-ethyl adjacent to an activating group) is 1. The van der Waals surface area contributed by atoms with Crippen LogP contribution in [-0.4, -0.2) is 46.9 Å². The number of nitro groups is 1. The van der Waals surface area contributed by atoms with E-state index in [1.165, 1.54) is 6.07 Å². The maximum Gasteiger partial charge on any atom is 0.283 e. The Kier molecular flexibility index (Phi) is 4.78. The summed E-state index contributed by atoms with van der Waals surface area (Å²) in [7, 11) is 2.15. The summed E-state index contributed by atoms with van der Waals surface area (Å²) in [6.07, 6.45) is 0. The van der Waals surface area contributed by atoms with E-state index in [-0.39, 0.29) is 10.6 Å². The third-order valence-electron chi connectivity index (χ3n) is 4.08. The van der Waals surface area contributed by atoms with Crippen molar-refractivity contribution in [1.29, 1.82) is 0 Å². The van der Waals surface area contributed by atoms with Crippen molar-refractivity contribution in [2.24, 2.45) is 0 Å². The number of halogens is 1. The van der Waals surface area contributed by atoms with Crippen LogP contribution in [0.5, 0.6) is 0 Å². The van der Waals surface area contributed by atoms with E-state index in [1.807, 2.05) is 6.07 Å². The minimum atomic E-state index is -0.344. The lowest BCUT2D eigenvalue weighted by Gasteiger charge is -2.42. The molecule has 0 aromatic heterocycles. The molecule has 1 aromatic carbocycles. The standard InChI is InChI=1S/C14H20BrN3O2/c1-10-7-17(8-11(2)16(10)3)9-12-5-4-6-13(14(12)15)18(19)20/h4-6,10-11H,7-9H2,1-3H3. The Morgan fingerprint density at radius 3 is 2.50 bits per heavy atom. The first kappa shape index (κ1) is 15.4. The normalized spacial score (nSPS) is 24.8. The van der Waals surface area contributed by atoms with E-state index in [2.05, 4.69) is 46.6 Å². The van der Waals surface area contributed by atoms with E-state index in [9.17, 15) is 10.1 Å². The minimum absolute atomic E-state index is 0.137. The summed E-state index contributed by atoms with van der Waals surface area (Å²) in [6.45, 7) is 7.13. The highest BCUT2D eigenvalue weighted by molar-refractivity contribution is 9.10. The van der Waals surface area contributed by atoms with Crippen LogP contribution >= 0.6 is 15.9 Å². The molecule has 0 amide bonds. The molecule has 0 bridgehead atoms. The van der Waals surface area contributed by atoms with Crippen molar-refractivity contribution in [2.45, 2.75) is 32.5 Å². The van der Waals surface area contributed by atoms with Crippen molar-refractivity contribution in [3.8, 4) is 0 Å². The molecule has 1 aliphatic heterocycles. The molecule has 2 rings (SSSR count). The molecule has 2 atom stereocenters. The SMILES string of the molecule is CC1CN(Cc2cccc([N+](=O)[O-])c2Br)CC(C)N1C. The largest absolute Gasteiger partial charge is 0.298 e. The van der Waals surface area contributed by atoms with Gasteiger partial charge in [-0.15, -0.1) is 0 Å². The Bertz CT molecular complexity index is 497. The molecule has 1 saturated heterocycles. The number of nitrogens with zero attached hydrogens (tertiary/aromatic N) is 3. The number of piperazine rings is 1. The number of hydrogen-bond donors (Lipinski definition) is 0. The Morgan fingerprint density at radius 2 is 1.95 bits per heavy atom. The van der Waals surface area contributed by atoms with Gasteiger partial charge in [-0.3, -0.25) is 19.9 Å².